The van der Waals surface area contributed by atoms with Crippen LogP contribution < -0.4 is 0 Å². The highest BCUT2D eigenvalue weighted by Gasteiger charge is 2.35. The van der Waals surface area contributed by atoms with E-state index >= 15 is 0 Å². The van der Waals surface area contributed by atoms with Crippen LogP contribution in [0, 0.1) is 5.92 Å². The van der Waals surface area contributed by atoms with Gasteiger partial charge in [-0.2, -0.15) is 0 Å². The summed E-state index contributed by atoms with van der Waals surface area (Å²) in [6, 6.07) is 0.452. The van der Waals surface area contributed by atoms with Crippen LogP contribution in [-0.4, -0.2) is 32.8 Å². The third kappa shape index (κ3) is 2.80. The number of piperidine rings is 1. The molecule has 0 spiro atoms. The second kappa shape index (κ2) is 6.08. The molecule has 20 heavy (non-hydrogen) atoms. The van der Waals surface area contributed by atoms with Gasteiger partial charge in [-0.1, -0.05) is 12.8 Å². The molecule has 1 saturated carbocycles. The number of ketones is 1. The Morgan fingerprint density at radius 1 is 1.25 bits per heavy atom. The summed E-state index contributed by atoms with van der Waals surface area (Å²) in [7, 11) is 2.05. The number of aryl methyl sites for hydroxylation is 1. The zero-order valence-corrected chi connectivity index (χ0v) is 12.4. The third-order valence-electron chi connectivity index (χ3n) is 5.00. The Morgan fingerprint density at radius 2 is 2.10 bits per heavy atom. The molecule has 4 nitrogen and oxygen atoms in total. The molecule has 1 aliphatic carbocycles. The van der Waals surface area contributed by atoms with Crippen LogP contribution in [-0.2, 0) is 18.4 Å². The lowest BCUT2D eigenvalue weighted by Crippen LogP contribution is -2.47. The van der Waals surface area contributed by atoms with Gasteiger partial charge in [-0.05, 0) is 32.2 Å². The smallest absolute Gasteiger partial charge is 0.137 e. The Labute approximate surface area is 121 Å². The summed E-state index contributed by atoms with van der Waals surface area (Å²) in [5.74, 6) is 1.90. The molecule has 1 aromatic heterocycles. The van der Waals surface area contributed by atoms with Crippen molar-refractivity contribution in [3.63, 3.8) is 0 Å². The summed E-state index contributed by atoms with van der Waals surface area (Å²) in [6.45, 7) is 2.00. The number of Topliss-reactive ketones (excluding diaryl/α,β-unsaturated/α-hetero) is 1. The number of nitrogens with zero attached hydrogens (tertiary/aromatic N) is 3. The highest BCUT2D eigenvalue weighted by atomic mass is 16.1. The van der Waals surface area contributed by atoms with Gasteiger partial charge in [0, 0.05) is 37.8 Å². The van der Waals surface area contributed by atoms with Crippen molar-refractivity contribution in [1.82, 2.24) is 14.5 Å². The maximum Gasteiger partial charge on any atom is 0.137 e. The molecule has 1 saturated heterocycles. The summed E-state index contributed by atoms with van der Waals surface area (Å²) < 4.78 is 2.09. The first-order valence-corrected chi connectivity index (χ1v) is 7.98. The molecule has 0 N–H and O–H groups in total. The summed E-state index contributed by atoms with van der Waals surface area (Å²) in [6.07, 6.45) is 11.8. The number of carbonyl (C=O) groups excluding carboxylic acids is 1. The minimum absolute atomic E-state index is 0.282. The number of rotatable bonds is 3. The van der Waals surface area contributed by atoms with Gasteiger partial charge in [0.15, 0.2) is 0 Å². The van der Waals surface area contributed by atoms with Crippen molar-refractivity contribution in [2.75, 3.05) is 6.54 Å². The first-order chi connectivity index (χ1) is 9.75. The van der Waals surface area contributed by atoms with Crippen molar-refractivity contribution in [2.24, 2.45) is 13.0 Å². The number of hydrogen-bond acceptors (Lipinski definition) is 3. The molecule has 0 aromatic carbocycles. The molecule has 2 unspecified atom stereocenters. The lowest BCUT2D eigenvalue weighted by atomic mass is 9.79. The summed E-state index contributed by atoms with van der Waals surface area (Å²) in [5.41, 5.74) is 0. The highest BCUT2D eigenvalue weighted by Crippen LogP contribution is 2.32. The van der Waals surface area contributed by atoms with Gasteiger partial charge in [-0.3, -0.25) is 9.69 Å². The summed E-state index contributed by atoms with van der Waals surface area (Å²) >= 11 is 0. The Bertz CT molecular complexity index is 468. The standard InChI is InChI=1S/C16H25N3O/c1-18-11-9-17-16(18)12-19-10-5-4-7-14(19)13-6-2-3-8-15(13)20/h9,11,13-14H,2-8,10,12H2,1H3. The normalized spacial score (nSPS) is 28.8. The molecule has 110 valence electrons. The van der Waals surface area contributed by atoms with E-state index in [0.29, 0.717) is 11.8 Å². The minimum atomic E-state index is 0.282. The number of hydrogen-bond donors (Lipinski definition) is 0. The zero-order chi connectivity index (χ0) is 13.9. The number of carbonyl (C=O) groups is 1. The van der Waals surface area contributed by atoms with Crippen LogP contribution in [0.2, 0.25) is 0 Å². The molecule has 2 heterocycles. The average Bonchev–Trinajstić information content (AvgIpc) is 2.86. The van der Waals surface area contributed by atoms with Gasteiger partial charge in [-0.15, -0.1) is 0 Å². The van der Waals surface area contributed by atoms with E-state index in [1.165, 1.54) is 25.7 Å². The van der Waals surface area contributed by atoms with E-state index in [2.05, 4.69) is 14.5 Å². The zero-order valence-electron chi connectivity index (χ0n) is 12.4. The van der Waals surface area contributed by atoms with Crippen LogP contribution in [0.1, 0.15) is 50.8 Å². The number of aromatic nitrogens is 2. The third-order valence-corrected chi connectivity index (χ3v) is 5.00. The lowest BCUT2D eigenvalue weighted by Gasteiger charge is -2.40. The SMILES string of the molecule is Cn1ccnc1CN1CCCCC1C1CCCCC1=O. The monoisotopic (exact) mass is 275 g/mol. The predicted molar refractivity (Wildman–Crippen MR) is 78.2 cm³/mol. The molecule has 0 bridgehead atoms. The van der Waals surface area contributed by atoms with Gasteiger partial charge in [-0.25, -0.2) is 4.98 Å². The van der Waals surface area contributed by atoms with E-state index in [4.69, 9.17) is 0 Å². The van der Waals surface area contributed by atoms with E-state index in [9.17, 15) is 4.79 Å². The lowest BCUT2D eigenvalue weighted by molar-refractivity contribution is -0.127. The van der Waals surface area contributed by atoms with E-state index in [1.807, 2.05) is 19.4 Å². The topological polar surface area (TPSA) is 38.1 Å². The molecule has 0 amide bonds. The molecule has 2 aliphatic rings. The quantitative estimate of drug-likeness (QED) is 0.851. The van der Waals surface area contributed by atoms with E-state index < -0.39 is 0 Å². The fraction of sp³-hybridized carbons (Fsp3) is 0.750. The minimum Gasteiger partial charge on any atom is -0.337 e. The molecular formula is C16H25N3O. The van der Waals surface area contributed by atoms with Gasteiger partial charge >= 0.3 is 0 Å². The molecule has 2 atom stereocenters. The van der Waals surface area contributed by atoms with Gasteiger partial charge in [0.1, 0.15) is 11.6 Å². The van der Waals surface area contributed by atoms with Gasteiger partial charge in [0.2, 0.25) is 0 Å². The van der Waals surface area contributed by atoms with Crippen molar-refractivity contribution in [2.45, 2.75) is 57.5 Å². The Balaban J connectivity index is 1.73. The second-order valence-corrected chi connectivity index (χ2v) is 6.31. The Kier molecular flexibility index (Phi) is 4.20. The van der Waals surface area contributed by atoms with Crippen LogP contribution in [0.5, 0.6) is 0 Å². The largest absolute Gasteiger partial charge is 0.337 e. The van der Waals surface area contributed by atoms with Crippen LogP contribution in [0.4, 0.5) is 0 Å². The predicted octanol–water partition coefficient (Wildman–Crippen LogP) is 2.53. The number of likely N-dealkylation sites (tertiary alicyclic amines) is 1. The van der Waals surface area contributed by atoms with Gasteiger partial charge < -0.3 is 4.57 Å². The molecule has 2 fully saturated rings. The Morgan fingerprint density at radius 3 is 2.85 bits per heavy atom. The molecule has 1 aromatic rings. The van der Waals surface area contributed by atoms with Crippen LogP contribution in [0.25, 0.3) is 0 Å². The van der Waals surface area contributed by atoms with Crippen molar-refractivity contribution in [3.05, 3.63) is 18.2 Å². The maximum absolute atomic E-state index is 12.3. The van der Waals surface area contributed by atoms with Gasteiger partial charge in [0.25, 0.3) is 0 Å². The van der Waals surface area contributed by atoms with E-state index in [0.717, 1.165) is 38.2 Å². The molecule has 1 aliphatic heterocycles. The van der Waals surface area contributed by atoms with Crippen molar-refractivity contribution < 1.29 is 4.79 Å². The van der Waals surface area contributed by atoms with Gasteiger partial charge in [0.05, 0.1) is 6.54 Å². The fourth-order valence-electron chi connectivity index (χ4n) is 3.82. The van der Waals surface area contributed by atoms with E-state index in [1.54, 1.807) is 0 Å². The van der Waals surface area contributed by atoms with Crippen molar-refractivity contribution in [1.29, 1.82) is 0 Å². The maximum atomic E-state index is 12.3. The van der Waals surface area contributed by atoms with Crippen LogP contribution in [0.3, 0.4) is 0 Å². The molecular weight excluding hydrogens is 250 g/mol. The molecule has 3 rings (SSSR count). The average molecular weight is 275 g/mol. The van der Waals surface area contributed by atoms with E-state index in [-0.39, 0.29) is 5.92 Å². The van der Waals surface area contributed by atoms with Crippen LogP contribution in [0.15, 0.2) is 12.4 Å². The first-order valence-electron chi connectivity index (χ1n) is 7.98. The number of imidazole rings is 1. The highest BCUT2D eigenvalue weighted by molar-refractivity contribution is 5.82. The Hall–Kier alpha value is -1.16. The van der Waals surface area contributed by atoms with Crippen molar-refractivity contribution >= 4 is 5.78 Å². The fourth-order valence-corrected chi connectivity index (χ4v) is 3.82. The molecule has 4 heteroatoms. The second-order valence-electron chi connectivity index (χ2n) is 6.31. The first kappa shape index (κ1) is 13.8. The summed E-state index contributed by atoms with van der Waals surface area (Å²) in [5, 5.41) is 0. The molecule has 0 radical (unpaired) electrons. The summed E-state index contributed by atoms with van der Waals surface area (Å²) in [4.78, 5) is 19.2. The van der Waals surface area contributed by atoms with Crippen molar-refractivity contribution in [3.8, 4) is 0 Å². The van der Waals surface area contributed by atoms with Crippen LogP contribution >= 0.6 is 0 Å².